The van der Waals surface area contributed by atoms with Crippen molar-refractivity contribution in [1.82, 2.24) is 10.7 Å². The van der Waals surface area contributed by atoms with E-state index in [-0.39, 0.29) is 24.1 Å². The van der Waals surface area contributed by atoms with Crippen molar-refractivity contribution in [3.63, 3.8) is 0 Å². The van der Waals surface area contributed by atoms with Crippen molar-refractivity contribution >= 4 is 40.1 Å². The van der Waals surface area contributed by atoms with Crippen molar-refractivity contribution in [3.8, 4) is 5.75 Å². The van der Waals surface area contributed by atoms with Crippen molar-refractivity contribution in [2.45, 2.75) is 18.6 Å². The molecule has 1 saturated heterocycles. The Morgan fingerprint density at radius 2 is 1.93 bits per heavy atom. The predicted octanol–water partition coefficient (Wildman–Crippen LogP) is 3.32. The van der Waals surface area contributed by atoms with Crippen molar-refractivity contribution < 1.29 is 18.7 Å². The average Bonchev–Trinajstić information content (AvgIpc) is 3.07. The summed E-state index contributed by atoms with van der Waals surface area (Å²) in [6, 6.07) is 12.8. The summed E-state index contributed by atoms with van der Waals surface area (Å²) in [5, 5.41) is 9.23. The van der Waals surface area contributed by atoms with Gasteiger partial charge in [0.1, 0.15) is 16.8 Å². The van der Waals surface area contributed by atoms with Crippen LogP contribution in [0.5, 0.6) is 5.75 Å². The van der Waals surface area contributed by atoms with Gasteiger partial charge in [-0.1, -0.05) is 18.3 Å². The first kappa shape index (κ1) is 21.4. The number of benzene rings is 2. The van der Waals surface area contributed by atoms with E-state index in [0.717, 1.165) is 17.5 Å². The number of hydrazone groups is 1. The highest BCUT2D eigenvalue weighted by molar-refractivity contribution is 8.15. The molecule has 9 heteroatoms. The third-order valence-corrected chi connectivity index (χ3v) is 5.16. The topological polar surface area (TPSA) is 91.8 Å². The van der Waals surface area contributed by atoms with E-state index < -0.39 is 5.25 Å². The number of carbonyl (C=O) groups excluding carboxylic acids is 2. The zero-order valence-electron chi connectivity index (χ0n) is 16.3. The van der Waals surface area contributed by atoms with E-state index in [9.17, 15) is 14.0 Å². The third-order valence-electron chi connectivity index (χ3n) is 4.08. The van der Waals surface area contributed by atoms with E-state index in [1.54, 1.807) is 36.4 Å². The summed E-state index contributed by atoms with van der Waals surface area (Å²) in [4.78, 5) is 24.4. The lowest BCUT2D eigenvalue weighted by atomic mass is 10.2. The van der Waals surface area contributed by atoms with Crippen LogP contribution in [0.2, 0.25) is 0 Å². The van der Waals surface area contributed by atoms with Crippen molar-refractivity contribution in [3.05, 3.63) is 66.5 Å². The summed E-state index contributed by atoms with van der Waals surface area (Å²) in [7, 11) is 0. The van der Waals surface area contributed by atoms with Crippen molar-refractivity contribution in [2.75, 3.05) is 11.9 Å². The highest BCUT2D eigenvalue weighted by Crippen LogP contribution is 2.23. The van der Waals surface area contributed by atoms with Crippen molar-refractivity contribution in [1.29, 1.82) is 0 Å². The highest BCUT2D eigenvalue weighted by atomic mass is 32.2. The second-order valence-corrected chi connectivity index (χ2v) is 7.51. The van der Waals surface area contributed by atoms with Gasteiger partial charge < -0.3 is 15.4 Å². The zero-order chi connectivity index (χ0) is 21.5. The van der Waals surface area contributed by atoms with E-state index in [1.807, 2.05) is 6.92 Å². The average molecular weight is 428 g/mol. The summed E-state index contributed by atoms with van der Waals surface area (Å²) < 4.78 is 18.4. The van der Waals surface area contributed by atoms with Crippen LogP contribution < -0.4 is 20.8 Å². The van der Waals surface area contributed by atoms with Crippen LogP contribution in [-0.2, 0) is 9.59 Å². The lowest BCUT2D eigenvalue weighted by Gasteiger charge is -2.08. The Balaban J connectivity index is 1.51. The minimum Gasteiger partial charge on any atom is -0.494 e. The normalized spacial score (nSPS) is 16.8. The molecule has 0 radical (unpaired) electrons. The molecule has 1 fully saturated rings. The maximum Gasteiger partial charge on any atom is 0.240 e. The molecule has 1 aliphatic rings. The Kier molecular flexibility index (Phi) is 7.08. The molecule has 0 saturated carbocycles. The lowest BCUT2D eigenvalue weighted by Crippen LogP contribution is -2.28. The van der Waals surface area contributed by atoms with E-state index in [2.05, 4.69) is 27.7 Å². The van der Waals surface area contributed by atoms with Gasteiger partial charge in [-0.25, -0.2) is 4.39 Å². The largest absolute Gasteiger partial charge is 0.494 e. The molecule has 0 aromatic heterocycles. The number of hydrogen-bond acceptors (Lipinski definition) is 6. The van der Waals surface area contributed by atoms with Gasteiger partial charge in [0.25, 0.3) is 0 Å². The van der Waals surface area contributed by atoms with Gasteiger partial charge >= 0.3 is 0 Å². The molecule has 1 aliphatic heterocycles. The molecular formula is C21H21FN4O3S. The standard InChI is InChI=1S/C21H21FN4O3S/c1-3-29-17-10-8-16(9-11-17)23-19(27)12-18-20(28)24-21(30-18)26-25-13(2)14-4-6-15(22)7-5-14/h4-11,18,25H,2-3,12H2,1H3,(H,23,27)(H,24,26,28)/t18-/m1/s1. The minimum absolute atomic E-state index is 0.00163. The molecular weight excluding hydrogens is 407 g/mol. The van der Waals surface area contributed by atoms with Gasteiger partial charge in [0, 0.05) is 12.1 Å². The van der Waals surface area contributed by atoms with Gasteiger partial charge in [-0.05, 0) is 61.0 Å². The fourth-order valence-electron chi connectivity index (χ4n) is 2.61. The fourth-order valence-corrected chi connectivity index (χ4v) is 3.54. The summed E-state index contributed by atoms with van der Waals surface area (Å²) in [5.74, 6) is -0.203. The molecule has 2 amide bonds. The number of amides is 2. The van der Waals surface area contributed by atoms with Gasteiger partial charge in [-0.15, -0.1) is 5.10 Å². The van der Waals surface area contributed by atoms with Gasteiger partial charge in [0.15, 0.2) is 5.17 Å². The fraction of sp³-hybridized carbons (Fsp3) is 0.190. The zero-order valence-corrected chi connectivity index (χ0v) is 17.1. The SMILES string of the molecule is C=C(N/N=C1\NC(=O)[C@@H](CC(=O)Nc2ccc(OCC)cc2)S1)c1ccc(F)cc1. The van der Waals surface area contributed by atoms with Gasteiger partial charge in [0.2, 0.25) is 11.8 Å². The molecule has 2 aromatic rings. The first-order valence-corrected chi connectivity index (χ1v) is 10.1. The second kappa shape index (κ2) is 9.93. The summed E-state index contributed by atoms with van der Waals surface area (Å²) >= 11 is 1.15. The molecule has 7 nitrogen and oxygen atoms in total. The molecule has 1 heterocycles. The first-order chi connectivity index (χ1) is 14.4. The third kappa shape index (κ3) is 5.84. The quantitative estimate of drug-likeness (QED) is 0.561. The van der Waals surface area contributed by atoms with Crippen LogP contribution in [0, 0.1) is 5.82 Å². The first-order valence-electron chi connectivity index (χ1n) is 9.23. The maximum absolute atomic E-state index is 13.0. The molecule has 30 heavy (non-hydrogen) atoms. The number of thioether (sulfide) groups is 1. The molecule has 156 valence electrons. The summed E-state index contributed by atoms with van der Waals surface area (Å²) in [6.07, 6.45) is 0.00163. The number of ether oxygens (including phenoxy) is 1. The number of amidine groups is 1. The molecule has 3 N–H and O–H groups in total. The Morgan fingerprint density at radius 3 is 2.60 bits per heavy atom. The Bertz CT molecular complexity index is 961. The monoisotopic (exact) mass is 428 g/mol. The number of carbonyl (C=O) groups is 2. The van der Waals surface area contributed by atoms with Crippen LogP contribution in [0.3, 0.4) is 0 Å². The number of hydrogen-bond donors (Lipinski definition) is 3. The van der Waals surface area contributed by atoms with Gasteiger partial charge in [-0.3, -0.25) is 15.0 Å². The van der Waals surface area contributed by atoms with E-state index in [0.29, 0.717) is 28.7 Å². The number of nitrogens with one attached hydrogen (secondary N) is 3. The number of halogens is 1. The molecule has 1 atom stereocenters. The summed E-state index contributed by atoms with van der Waals surface area (Å²) in [6.45, 7) is 6.29. The van der Waals surface area contributed by atoms with Gasteiger partial charge in [0.05, 0.1) is 12.3 Å². The lowest BCUT2D eigenvalue weighted by molar-refractivity contribution is -0.122. The molecule has 0 bridgehead atoms. The van der Waals surface area contributed by atoms with Crippen LogP contribution in [0.1, 0.15) is 18.9 Å². The van der Waals surface area contributed by atoms with E-state index >= 15 is 0 Å². The maximum atomic E-state index is 13.0. The Hall–Kier alpha value is -3.33. The molecule has 3 rings (SSSR count). The van der Waals surface area contributed by atoms with Crippen LogP contribution in [0.4, 0.5) is 10.1 Å². The highest BCUT2D eigenvalue weighted by Gasteiger charge is 2.32. The molecule has 0 aliphatic carbocycles. The Morgan fingerprint density at radius 1 is 1.23 bits per heavy atom. The van der Waals surface area contributed by atoms with Crippen LogP contribution in [0.25, 0.3) is 5.70 Å². The Labute approximate surface area is 177 Å². The number of rotatable bonds is 8. The van der Waals surface area contributed by atoms with Crippen molar-refractivity contribution in [2.24, 2.45) is 5.10 Å². The van der Waals surface area contributed by atoms with E-state index in [1.165, 1.54) is 12.1 Å². The van der Waals surface area contributed by atoms with Gasteiger partial charge in [-0.2, -0.15) is 0 Å². The predicted molar refractivity (Wildman–Crippen MR) is 116 cm³/mol. The van der Waals surface area contributed by atoms with Crippen LogP contribution in [0.15, 0.2) is 60.2 Å². The second-order valence-electron chi connectivity index (χ2n) is 6.32. The smallest absolute Gasteiger partial charge is 0.240 e. The number of nitrogens with zero attached hydrogens (tertiary/aromatic N) is 1. The van der Waals surface area contributed by atoms with Crippen LogP contribution >= 0.6 is 11.8 Å². The van der Waals surface area contributed by atoms with E-state index in [4.69, 9.17) is 4.74 Å². The molecule has 2 aromatic carbocycles. The van der Waals surface area contributed by atoms with Crippen LogP contribution in [-0.4, -0.2) is 28.8 Å². The number of anilines is 1. The summed E-state index contributed by atoms with van der Waals surface area (Å²) in [5.41, 5.74) is 4.48. The molecule has 0 unspecified atom stereocenters. The minimum atomic E-state index is -0.590. The molecule has 0 spiro atoms.